The van der Waals surface area contributed by atoms with Crippen molar-refractivity contribution in [1.82, 2.24) is 0 Å². The molecule has 0 saturated carbocycles. The van der Waals surface area contributed by atoms with Crippen molar-refractivity contribution in [3.05, 3.63) is 65.7 Å². The molecule has 4 rings (SSSR count). The van der Waals surface area contributed by atoms with Crippen LogP contribution in [0.4, 0.5) is 5.69 Å². The smallest absolute Gasteiger partial charge is 0.150 e. The van der Waals surface area contributed by atoms with Crippen LogP contribution in [-0.4, -0.2) is 31.6 Å². The second-order valence-electron chi connectivity index (χ2n) is 6.73. The van der Waals surface area contributed by atoms with E-state index in [9.17, 15) is 4.79 Å². The van der Waals surface area contributed by atoms with Crippen molar-refractivity contribution in [3.63, 3.8) is 0 Å². The van der Waals surface area contributed by atoms with Crippen molar-refractivity contribution in [3.8, 4) is 11.8 Å². The predicted octanol–water partition coefficient (Wildman–Crippen LogP) is 3.08. The summed E-state index contributed by atoms with van der Waals surface area (Å²) in [6.07, 6.45) is 0.642. The van der Waals surface area contributed by atoms with Gasteiger partial charge in [-0.25, -0.2) is 0 Å². The zero-order valence-corrected chi connectivity index (χ0v) is 14.4. The van der Waals surface area contributed by atoms with E-state index in [2.05, 4.69) is 34.9 Å². The summed E-state index contributed by atoms with van der Waals surface area (Å²) in [4.78, 5) is 15.1. The summed E-state index contributed by atoms with van der Waals surface area (Å²) in [6.45, 7) is 3.69. The normalized spacial score (nSPS) is 24.5. The Kier molecular flexibility index (Phi) is 4.07. The van der Waals surface area contributed by atoms with E-state index in [1.54, 1.807) is 6.92 Å². The van der Waals surface area contributed by atoms with Crippen LogP contribution in [0, 0.1) is 17.3 Å². The van der Waals surface area contributed by atoms with Crippen molar-refractivity contribution in [2.75, 3.05) is 24.7 Å². The van der Waals surface area contributed by atoms with Gasteiger partial charge in [0.1, 0.15) is 11.2 Å². The van der Waals surface area contributed by atoms with E-state index in [0.717, 1.165) is 12.1 Å². The fourth-order valence-electron chi connectivity index (χ4n) is 3.94. The van der Waals surface area contributed by atoms with Gasteiger partial charge in [0.05, 0.1) is 19.3 Å². The Bertz CT molecular complexity index is 849. The number of morpholine rings is 1. The van der Waals surface area contributed by atoms with Gasteiger partial charge >= 0.3 is 0 Å². The Balaban J connectivity index is 1.84. The molecule has 1 saturated heterocycles. The van der Waals surface area contributed by atoms with Gasteiger partial charge in [-0.1, -0.05) is 48.2 Å². The van der Waals surface area contributed by atoms with Crippen molar-refractivity contribution >= 4 is 11.5 Å². The van der Waals surface area contributed by atoms with Gasteiger partial charge in [0, 0.05) is 24.2 Å². The number of fused-ring (bicyclic) bond motifs is 3. The molecule has 2 atom stereocenters. The number of benzene rings is 2. The summed E-state index contributed by atoms with van der Waals surface area (Å²) in [7, 11) is 0. The van der Waals surface area contributed by atoms with E-state index in [-0.39, 0.29) is 11.8 Å². The average molecular weight is 331 g/mol. The highest BCUT2D eigenvalue weighted by Crippen LogP contribution is 2.43. The quantitative estimate of drug-likeness (QED) is 0.752. The van der Waals surface area contributed by atoms with Gasteiger partial charge in [-0.3, -0.25) is 4.79 Å². The van der Waals surface area contributed by atoms with Crippen molar-refractivity contribution < 1.29 is 9.53 Å². The Morgan fingerprint density at radius 3 is 2.72 bits per heavy atom. The monoisotopic (exact) mass is 331 g/mol. The lowest BCUT2D eigenvalue weighted by Crippen LogP contribution is -2.60. The van der Waals surface area contributed by atoms with Crippen LogP contribution in [0.15, 0.2) is 54.6 Å². The molecule has 0 amide bonds. The molecule has 2 aromatic carbocycles. The van der Waals surface area contributed by atoms with E-state index in [4.69, 9.17) is 4.74 Å². The first-order valence-electron chi connectivity index (χ1n) is 8.72. The highest BCUT2D eigenvalue weighted by atomic mass is 16.5. The highest BCUT2D eigenvalue weighted by molar-refractivity contribution is 5.89. The summed E-state index contributed by atoms with van der Waals surface area (Å²) >= 11 is 0. The molecule has 2 heterocycles. The van der Waals surface area contributed by atoms with Crippen LogP contribution >= 0.6 is 0 Å². The molecule has 0 spiro atoms. The molecular formula is C22H21NO2. The molecule has 25 heavy (non-hydrogen) atoms. The number of anilines is 1. The summed E-state index contributed by atoms with van der Waals surface area (Å²) in [6, 6.07) is 18.2. The number of carbonyl (C=O) groups is 1. The predicted molar refractivity (Wildman–Crippen MR) is 98.5 cm³/mol. The van der Waals surface area contributed by atoms with Gasteiger partial charge in [-0.05, 0) is 30.7 Å². The minimum atomic E-state index is -0.732. The number of Topliss-reactive ketones (excluding diaryl/α,β-unsaturated/α-hetero) is 1. The maximum Gasteiger partial charge on any atom is 0.150 e. The molecular weight excluding hydrogens is 310 g/mol. The van der Waals surface area contributed by atoms with Crippen LogP contribution < -0.4 is 4.90 Å². The van der Waals surface area contributed by atoms with Gasteiger partial charge in [0.25, 0.3) is 0 Å². The number of nitrogens with zero attached hydrogens (tertiary/aromatic N) is 1. The third-order valence-corrected chi connectivity index (χ3v) is 5.30. The maximum absolute atomic E-state index is 12.8. The largest absolute Gasteiger partial charge is 0.377 e. The standard InChI is InChI=1S/C22H21NO2/c1-17(24)22(12-11-18-7-3-2-4-8-18)15-19-9-5-6-10-20(19)23-13-14-25-16-21(22)23/h2-10,21H,13-16H2,1H3/t21-,22-/m1/s1. The summed E-state index contributed by atoms with van der Waals surface area (Å²) < 4.78 is 5.75. The first kappa shape index (κ1) is 15.9. The minimum absolute atomic E-state index is 0.0372. The number of ketones is 1. The molecule has 0 bridgehead atoms. The third kappa shape index (κ3) is 2.73. The van der Waals surface area contributed by atoms with E-state index >= 15 is 0 Å². The second kappa shape index (κ2) is 6.38. The van der Waals surface area contributed by atoms with Crippen LogP contribution in [0.5, 0.6) is 0 Å². The van der Waals surface area contributed by atoms with E-state index in [0.29, 0.717) is 19.6 Å². The summed E-state index contributed by atoms with van der Waals surface area (Å²) in [5.74, 6) is 6.73. The minimum Gasteiger partial charge on any atom is -0.377 e. The molecule has 2 aliphatic rings. The molecule has 2 aromatic rings. The van der Waals surface area contributed by atoms with E-state index in [1.807, 2.05) is 36.4 Å². The van der Waals surface area contributed by atoms with Gasteiger partial charge in [0.15, 0.2) is 0 Å². The summed E-state index contributed by atoms with van der Waals surface area (Å²) in [5.41, 5.74) is 2.61. The topological polar surface area (TPSA) is 29.5 Å². The maximum atomic E-state index is 12.8. The third-order valence-electron chi connectivity index (χ3n) is 5.30. The van der Waals surface area contributed by atoms with E-state index in [1.165, 1.54) is 11.3 Å². The molecule has 1 fully saturated rings. The molecule has 0 aromatic heterocycles. The summed E-state index contributed by atoms with van der Waals surface area (Å²) in [5, 5.41) is 0. The molecule has 0 N–H and O–H groups in total. The van der Waals surface area contributed by atoms with Crippen molar-refractivity contribution in [1.29, 1.82) is 0 Å². The van der Waals surface area contributed by atoms with Crippen molar-refractivity contribution in [2.45, 2.75) is 19.4 Å². The number of carbonyl (C=O) groups excluding carboxylic acids is 1. The van der Waals surface area contributed by atoms with Gasteiger partial charge in [-0.15, -0.1) is 0 Å². The average Bonchev–Trinajstić information content (AvgIpc) is 2.67. The fourth-order valence-corrected chi connectivity index (χ4v) is 3.94. The number of rotatable bonds is 1. The number of hydrogen-bond donors (Lipinski definition) is 0. The van der Waals surface area contributed by atoms with Crippen LogP contribution in [0.2, 0.25) is 0 Å². The molecule has 0 radical (unpaired) electrons. The highest BCUT2D eigenvalue weighted by Gasteiger charge is 2.50. The Morgan fingerprint density at radius 1 is 1.16 bits per heavy atom. The lowest BCUT2D eigenvalue weighted by molar-refractivity contribution is -0.126. The fraction of sp³-hybridized carbons (Fsp3) is 0.318. The Hall–Kier alpha value is -2.57. The van der Waals surface area contributed by atoms with Crippen LogP contribution in [0.1, 0.15) is 18.1 Å². The van der Waals surface area contributed by atoms with Gasteiger partial charge in [-0.2, -0.15) is 0 Å². The molecule has 0 aliphatic carbocycles. The molecule has 0 unspecified atom stereocenters. The van der Waals surface area contributed by atoms with Crippen LogP contribution in [-0.2, 0) is 16.0 Å². The lowest BCUT2D eigenvalue weighted by Gasteiger charge is -2.50. The Morgan fingerprint density at radius 2 is 1.92 bits per heavy atom. The van der Waals surface area contributed by atoms with Gasteiger partial charge < -0.3 is 9.64 Å². The number of hydrogen-bond acceptors (Lipinski definition) is 3. The van der Waals surface area contributed by atoms with E-state index < -0.39 is 5.41 Å². The first-order valence-corrected chi connectivity index (χ1v) is 8.72. The van der Waals surface area contributed by atoms with Crippen LogP contribution in [0.25, 0.3) is 0 Å². The lowest BCUT2D eigenvalue weighted by atomic mass is 9.69. The number of para-hydroxylation sites is 1. The first-order chi connectivity index (χ1) is 12.2. The van der Waals surface area contributed by atoms with Crippen LogP contribution in [0.3, 0.4) is 0 Å². The van der Waals surface area contributed by atoms with Crippen molar-refractivity contribution in [2.24, 2.45) is 5.41 Å². The zero-order valence-electron chi connectivity index (χ0n) is 14.4. The molecule has 3 heteroatoms. The second-order valence-corrected chi connectivity index (χ2v) is 6.73. The Labute approximate surface area is 148 Å². The number of ether oxygens (including phenoxy) is 1. The molecule has 2 aliphatic heterocycles. The molecule has 126 valence electrons. The molecule has 3 nitrogen and oxygen atoms in total. The zero-order chi connectivity index (χ0) is 17.3. The SMILES string of the molecule is CC(=O)[C@@]1(C#Cc2ccccc2)Cc2ccccc2N2CCOC[C@@H]21. The van der Waals surface area contributed by atoms with Gasteiger partial charge in [0.2, 0.25) is 0 Å².